The third-order valence-electron chi connectivity index (χ3n) is 2.73. The summed E-state index contributed by atoms with van der Waals surface area (Å²) in [5, 5.41) is 18.7. The number of carbonyl (C=O) groups excluding carboxylic acids is 1. The molecule has 92 valence electrons. The molecule has 2 rings (SSSR count). The zero-order chi connectivity index (χ0) is 12.3. The number of phenols is 1. The summed E-state index contributed by atoms with van der Waals surface area (Å²) in [6.45, 7) is 0.803. The van der Waals surface area contributed by atoms with Gasteiger partial charge >= 0.3 is 0 Å². The number of β-amino-alcohol motifs (C(OH)–C–C–N with tert-alkyl or cyclic N) is 1. The highest BCUT2D eigenvalue weighted by molar-refractivity contribution is 5.78. The Morgan fingerprint density at radius 2 is 2.24 bits per heavy atom. The largest absolute Gasteiger partial charge is 0.504 e. The Bertz CT molecular complexity index is 407. The van der Waals surface area contributed by atoms with E-state index in [0.29, 0.717) is 25.3 Å². The van der Waals surface area contributed by atoms with Crippen molar-refractivity contribution in [1.82, 2.24) is 4.90 Å². The molecule has 5 nitrogen and oxygen atoms in total. The zero-order valence-electron chi connectivity index (χ0n) is 9.37. The molecule has 1 aliphatic heterocycles. The average Bonchev–Trinajstić information content (AvgIpc) is 2.74. The summed E-state index contributed by atoms with van der Waals surface area (Å²) in [7, 11) is 0. The molecule has 5 heteroatoms. The van der Waals surface area contributed by atoms with Crippen LogP contribution in [0.3, 0.4) is 0 Å². The lowest BCUT2D eigenvalue weighted by molar-refractivity contribution is -0.132. The number of nitrogens with zero attached hydrogens (tertiary/aromatic N) is 1. The van der Waals surface area contributed by atoms with Crippen molar-refractivity contribution >= 4 is 5.91 Å². The van der Waals surface area contributed by atoms with E-state index in [9.17, 15) is 15.0 Å². The molecule has 1 saturated heterocycles. The first kappa shape index (κ1) is 11.7. The molecule has 1 aromatic carbocycles. The molecule has 1 heterocycles. The second kappa shape index (κ2) is 5.05. The Morgan fingerprint density at radius 1 is 1.47 bits per heavy atom. The van der Waals surface area contributed by atoms with Gasteiger partial charge in [-0.25, -0.2) is 0 Å². The van der Waals surface area contributed by atoms with Gasteiger partial charge in [0, 0.05) is 13.1 Å². The van der Waals surface area contributed by atoms with Crippen LogP contribution in [0.25, 0.3) is 0 Å². The van der Waals surface area contributed by atoms with E-state index in [0.717, 1.165) is 0 Å². The lowest BCUT2D eigenvalue weighted by Crippen LogP contribution is -2.33. The molecular weight excluding hydrogens is 222 g/mol. The van der Waals surface area contributed by atoms with E-state index >= 15 is 0 Å². The second-order valence-corrected chi connectivity index (χ2v) is 4.04. The fraction of sp³-hybridized carbons (Fsp3) is 0.417. The van der Waals surface area contributed by atoms with Gasteiger partial charge < -0.3 is 19.8 Å². The Morgan fingerprint density at radius 3 is 2.88 bits per heavy atom. The Balaban J connectivity index is 1.86. The standard InChI is InChI=1S/C12H15NO4/c14-9-5-6-13(7-9)12(16)8-17-11-4-2-1-3-10(11)15/h1-4,9,14-15H,5-8H2/t9-/m1/s1. The summed E-state index contributed by atoms with van der Waals surface area (Å²) in [5.74, 6) is 0.132. The smallest absolute Gasteiger partial charge is 0.260 e. The minimum Gasteiger partial charge on any atom is -0.504 e. The molecule has 0 saturated carbocycles. The molecule has 1 amide bonds. The molecule has 0 aliphatic carbocycles. The van der Waals surface area contributed by atoms with Crippen molar-refractivity contribution in [3.05, 3.63) is 24.3 Å². The average molecular weight is 237 g/mol. The third kappa shape index (κ3) is 2.88. The highest BCUT2D eigenvalue weighted by Crippen LogP contribution is 2.24. The Kier molecular flexibility index (Phi) is 3.49. The normalized spacial score (nSPS) is 19.4. The maximum Gasteiger partial charge on any atom is 0.260 e. The quantitative estimate of drug-likeness (QED) is 0.796. The second-order valence-electron chi connectivity index (χ2n) is 4.04. The van der Waals surface area contributed by atoms with Crippen LogP contribution in [0.5, 0.6) is 11.5 Å². The maximum atomic E-state index is 11.7. The van der Waals surface area contributed by atoms with Gasteiger partial charge in [0.05, 0.1) is 6.10 Å². The number of aliphatic hydroxyl groups is 1. The zero-order valence-corrected chi connectivity index (χ0v) is 9.37. The van der Waals surface area contributed by atoms with Crippen LogP contribution in [0.4, 0.5) is 0 Å². The van der Waals surface area contributed by atoms with Crippen LogP contribution in [0, 0.1) is 0 Å². The summed E-state index contributed by atoms with van der Waals surface area (Å²) in [5.41, 5.74) is 0. The van der Waals surface area contributed by atoms with Gasteiger partial charge in [0.25, 0.3) is 5.91 Å². The van der Waals surface area contributed by atoms with Gasteiger partial charge in [-0.3, -0.25) is 4.79 Å². The molecule has 0 bridgehead atoms. The van der Waals surface area contributed by atoms with Crippen LogP contribution in [0.15, 0.2) is 24.3 Å². The summed E-state index contributed by atoms with van der Waals surface area (Å²) in [6.07, 6.45) is 0.187. The molecule has 0 unspecified atom stereocenters. The summed E-state index contributed by atoms with van der Waals surface area (Å²) >= 11 is 0. The Labute approximate surface area is 99.2 Å². The highest BCUT2D eigenvalue weighted by Gasteiger charge is 2.24. The SMILES string of the molecule is O=C(COc1ccccc1O)N1CC[C@@H](O)C1. The predicted octanol–water partition coefficient (Wildman–Crippen LogP) is 0.364. The fourth-order valence-corrected chi connectivity index (χ4v) is 1.78. The van der Waals surface area contributed by atoms with Gasteiger partial charge in [-0.1, -0.05) is 12.1 Å². The molecule has 0 radical (unpaired) electrons. The number of rotatable bonds is 3. The van der Waals surface area contributed by atoms with Gasteiger partial charge in [0.2, 0.25) is 0 Å². The van der Waals surface area contributed by atoms with Crippen molar-refractivity contribution in [2.24, 2.45) is 0 Å². The molecular formula is C12H15NO4. The van der Waals surface area contributed by atoms with E-state index in [-0.39, 0.29) is 18.3 Å². The van der Waals surface area contributed by atoms with Crippen LogP contribution < -0.4 is 4.74 Å². The van der Waals surface area contributed by atoms with Gasteiger partial charge in [-0.2, -0.15) is 0 Å². The minimum absolute atomic E-state index is 0.0155. The number of benzene rings is 1. The fourth-order valence-electron chi connectivity index (χ4n) is 1.78. The Hall–Kier alpha value is -1.75. The number of carbonyl (C=O) groups is 1. The summed E-state index contributed by atoms with van der Waals surface area (Å²) in [6, 6.07) is 6.50. The van der Waals surface area contributed by atoms with Gasteiger partial charge in [-0.15, -0.1) is 0 Å². The first-order valence-electron chi connectivity index (χ1n) is 5.53. The van der Waals surface area contributed by atoms with Crippen molar-refractivity contribution in [2.45, 2.75) is 12.5 Å². The van der Waals surface area contributed by atoms with Gasteiger partial charge in [-0.05, 0) is 18.6 Å². The molecule has 0 spiro atoms. The minimum atomic E-state index is -0.427. The van der Waals surface area contributed by atoms with E-state index in [1.165, 1.54) is 6.07 Å². The molecule has 1 aromatic rings. The molecule has 2 N–H and O–H groups in total. The lowest BCUT2D eigenvalue weighted by atomic mass is 10.3. The van der Waals surface area contributed by atoms with E-state index in [2.05, 4.69) is 0 Å². The van der Waals surface area contributed by atoms with Crippen LogP contribution in [-0.4, -0.2) is 46.8 Å². The summed E-state index contributed by atoms with van der Waals surface area (Å²) in [4.78, 5) is 13.2. The van der Waals surface area contributed by atoms with Crippen molar-refractivity contribution in [1.29, 1.82) is 0 Å². The predicted molar refractivity (Wildman–Crippen MR) is 60.8 cm³/mol. The maximum absolute atomic E-state index is 11.7. The van der Waals surface area contributed by atoms with Crippen LogP contribution >= 0.6 is 0 Å². The van der Waals surface area contributed by atoms with E-state index in [1.807, 2.05) is 0 Å². The molecule has 0 aromatic heterocycles. The number of amides is 1. The van der Waals surface area contributed by atoms with Gasteiger partial charge in [0.1, 0.15) is 0 Å². The number of hydrogen-bond donors (Lipinski definition) is 2. The number of phenolic OH excluding ortho intramolecular Hbond substituents is 1. The van der Waals surface area contributed by atoms with Crippen molar-refractivity contribution < 1.29 is 19.7 Å². The van der Waals surface area contributed by atoms with Crippen LogP contribution in [-0.2, 0) is 4.79 Å². The van der Waals surface area contributed by atoms with Gasteiger partial charge in [0.15, 0.2) is 18.1 Å². The van der Waals surface area contributed by atoms with Crippen LogP contribution in [0.2, 0.25) is 0 Å². The van der Waals surface area contributed by atoms with E-state index < -0.39 is 6.10 Å². The molecule has 17 heavy (non-hydrogen) atoms. The number of hydrogen-bond acceptors (Lipinski definition) is 4. The third-order valence-corrected chi connectivity index (χ3v) is 2.73. The highest BCUT2D eigenvalue weighted by atomic mass is 16.5. The summed E-state index contributed by atoms with van der Waals surface area (Å²) < 4.78 is 5.22. The first-order chi connectivity index (χ1) is 8.16. The molecule has 1 fully saturated rings. The number of likely N-dealkylation sites (tertiary alicyclic amines) is 1. The molecule has 1 aliphatic rings. The topological polar surface area (TPSA) is 70.0 Å². The van der Waals surface area contributed by atoms with Crippen molar-refractivity contribution in [3.63, 3.8) is 0 Å². The van der Waals surface area contributed by atoms with Crippen molar-refractivity contribution in [3.8, 4) is 11.5 Å². The van der Waals surface area contributed by atoms with Crippen molar-refractivity contribution in [2.75, 3.05) is 19.7 Å². The van der Waals surface area contributed by atoms with E-state index in [1.54, 1.807) is 23.1 Å². The van der Waals surface area contributed by atoms with Crippen LogP contribution in [0.1, 0.15) is 6.42 Å². The number of aromatic hydroxyl groups is 1. The molecule has 1 atom stereocenters. The monoisotopic (exact) mass is 237 g/mol. The number of ether oxygens (including phenoxy) is 1. The number of aliphatic hydroxyl groups excluding tert-OH is 1. The van der Waals surface area contributed by atoms with E-state index in [4.69, 9.17) is 4.74 Å². The first-order valence-corrected chi connectivity index (χ1v) is 5.53. The number of para-hydroxylation sites is 2. The lowest BCUT2D eigenvalue weighted by Gasteiger charge is -2.16.